The Morgan fingerprint density at radius 2 is 1.94 bits per heavy atom. The predicted molar refractivity (Wildman–Crippen MR) is 71.9 cm³/mol. The van der Waals surface area contributed by atoms with Crippen LogP contribution in [0.25, 0.3) is 0 Å². The van der Waals surface area contributed by atoms with Crippen molar-refractivity contribution in [2.75, 3.05) is 0 Å². The molecule has 0 fully saturated rings. The molecule has 0 bridgehead atoms. The van der Waals surface area contributed by atoms with Crippen LogP contribution in [0.15, 0.2) is 24.3 Å². The number of nitrogens with two attached hydrogens (primary N) is 1. The number of hydrogen-bond donors (Lipinski definition) is 1. The summed E-state index contributed by atoms with van der Waals surface area (Å²) in [6.07, 6.45) is 2.68. The van der Waals surface area contributed by atoms with Crippen LogP contribution in [0.4, 0.5) is 0 Å². The molecule has 0 aliphatic heterocycles. The molecule has 1 unspecified atom stereocenters. The Balaban J connectivity index is 2.59. The molecule has 0 aliphatic carbocycles. The van der Waals surface area contributed by atoms with Crippen molar-refractivity contribution >= 4 is 17.2 Å². The summed E-state index contributed by atoms with van der Waals surface area (Å²) >= 11 is 4.89. The van der Waals surface area contributed by atoms with Crippen molar-refractivity contribution in [3.63, 3.8) is 0 Å². The Morgan fingerprint density at radius 1 is 1.31 bits per heavy atom. The van der Waals surface area contributed by atoms with E-state index in [0.717, 1.165) is 18.6 Å². The highest BCUT2D eigenvalue weighted by atomic mass is 32.1. The molecule has 0 heterocycles. The van der Waals surface area contributed by atoms with Crippen LogP contribution in [0.3, 0.4) is 0 Å². The molecule has 16 heavy (non-hydrogen) atoms. The summed E-state index contributed by atoms with van der Waals surface area (Å²) in [5, 5.41) is 0. The van der Waals surface area contributed by atoms with Crippen LogP contribution in [0.5, 0.6) is 5.75 Å². The topological polar surface area (TPSA) is 35.2 Å². The van der Waals surface area contributed by atoms with Crippen molar-refractivity contribution in [2.24, 2.45) is 5.73 Å². The molecule has 0 saturated heterocycles. The first-order valence-electron chi connectivity index (χ1n) is 5.69. The molecule has 0 spiro atoms. The van der Waals surface area contributed by atoms with Gasteiger partial charge < -0.3 is 10.5 Å². The second-order valence-electron chi connectivity index (χ2n) is 3.82. The largest absolute Gasteiger partial charge is 0.490 e. The number of benzene rings is 1. The number of aryl methyl sites for hydroxylation is 1. The van der Waals surface area contributed by atoms with Crippen LogP contribution in [0, 0.1) is 0 Å². The van der Waals surface area contributed by atoms with E-state index in [1.54, 1.807) is 0 Å². The van der Waals surface area contributed by atoms with E-state index in [-0.39, 0.29) is 6.10 Å². The lowest BCUT2D eigenvalue weighted by molar-refractivity contribution is 0.205. The van der Waals surface area contributed by atoms with Gasteiger partial charge in [-0.2, -0.15) is 0 Å². The van der Waals surface area contributed by atoms with Gasteiger partial charge in [0.25, 0.3) is 0 Å². The van der Waals surface area contributed by atoms with Crippen LogP contribution in [0.2, 0.25) is 0 Å². The second-order valence-corrected chi connectivity index (χ2v) is 4.34. The summed E-state index contributed by atoms with van der Waals surface area (Å²) in [4.78, 5) is 0.511. The number of hydrogen-bond acceptors (Lipinski definition) is 2. The molecule has 1 aromatic rings. The SMILES string of the molecule is CCc1ccc(OC(CC)CC(N)=S)cc1. The van der Waals surface area contributed by atoms with Crippen molar-refractivity contribution in [1.82, 2.24) is 0 Å². The molecule has 1 aromatic carbocycles. The summed E-state index contributed by atoms with van der Waals surface area (Å²) in [7, 11) is 0. The second kappa shape index (κ2) is 6.48. The fourth-order valence-corrected chi connectivity index (χ4v) is 1.68. The van der Waals surface area contributed by atoms with Crippen LogP contribution in [-0.2, 0) is 6.42 Å². The highest BCUT2D eigenvalue weighted by Crippen LogP contribution is 2.16. The summed E-state index contributed by atoms with van der Waals surface area (Å²) in [5.41, 5.74) is 6.83. The molecule has 0 amide bonds. The average Bonchev–Trinajstić information content (AvgIpc) is 2.28. The molecule has 0 aliphatic rings. The van der Waals surface area contributed by atoms with Crippen molar-refractivity contribution in [2.45, 2.75) is 39.2 Å². The van der Waals surface area contributed by atoms with Crippen LogP contribution < -0.4 is 10.5 Å². The fraction of sp³-hybridized carbons (Fsp3) is 0.462. The van der Waals surface area contributed by atoms with Crippen LogP contribution in [-0.4, -0.2) is 11.1 Å². The third-order valence-corrected chi connectivity index (χ3v) is 2.69. The standard InChI is InChI=1S/C13H19NOS/c1-3-10-5-7-12(8-6-10)15-11(4-2)9-13(14)16/h5-8,11H,3-4,9H2,1-2H3,(H2,14,16). The third kappa shape index (κ3) is 4.19. The van der Waals surface area contributed by atoms with E-state index in [0.29, 0.717) is 11.4 Å². The number of thiocarbonyl (C=S) groups is 1. The molecule has 0 radical (unpaired) electrons. The van der Waals surface area contributed by atoms with Gasteiger partial charge in [0.1, 0.15) is 11.9 Å². The lowest BCUT2D eigenvalue weighted by Crippen LogP contribution is -2.23. The predicted octanol–water partition coefficient (Wildman–Crippen LogP) is 3.08. The molecule has 3 heteroatoms. The zero-order chi connectivity index (χ0) is 12.0. The molecular formula is C13H19NOS. The van der Waals surface area contributed by atoms with Gasteiger partial charge in [-0.25, -0.2) is 0 Å². The van der Waals surface area contributed by atoms with E-state index < -0.39 is 0 Å². The zero-order valence-corrected chi connectivity index (χ0v) is 10.7. The highest BCUT2D eigenvalue weighted by Gasteiger charge is 2.09. The average molecular weight is 237 g/mol. The van der Waals surface area contributed by atoms with E-state index >= 15 is 0 Å². The first-order valence-corrected chi connectivity index (χ1v) is 6.10. The van der Waals surface area contributed by atoms with Crippen LogP contribution >= 0.6 is 12.2 Å². The van der Waals surface area contributed by atoms with E-state index in [1.807, 2.05) is 12.1 Å². The third-order valence-electron chi connectivity index (χ3n) is 2.52. The van der Waals surface area contributed by atoms with Gasteiger partial charge in [-0.1, -0.05) is 38.2 Å². The monoisotopic (exact) mass is 237 g/mol. The molecule has 1 atom stereocenters. The van der Waals surface area contributed by atoms with E-state index in [1.165, 1.54) is 5.56 Å². The zero-order valence-electron chi connectivity index (χ0n) is 9.90. The van der Waals surface area contributed by atoms with Crippen molar-refractivity contribution in [3.8, 4) is 5.75 Å². The minimum Gasteiger partial charge on any atom is -0.490 e. The van der Waals surface area contributed by atoms with Gasteiger partial charge in [-0.15, -0.1) is 0 Å². The van der Waals surface area contributed by atoms with Crippen molar-refractivity contribution < 1.29 is 4.74 Å². The van der Waals surface area contributed by atoms with Gasteiger partial charge in [0, 0.05) is 6.42 Å². The number of ether oxygens (including phenoxy) is 1. The summed E-state index contributed by atoms with van der Waals surface area (Å²) < 4.78 is 5.81. The quantitative estimate of drug-likeness (QED) is 0.772. The maximum Gasteiger partial charge on any atom is 0.119 e. The molecule has 2 nitrogen and oxygen atoms in total. The van der Waals surface area contributed by atoms with Gasteiger partial charge >= 0.3 is 0 Å². The lowest BCUT2D eigenvalue weighted by Gasteiger charge is -2.17. The number of rotatable bonds is 6. The summed E-state index contributed by atoms with van der Waals surface area (Å²) in [5.74, 6) is 0.889. The maximum absolute atomic E-state index is 5.81. The Hall–Kier alpha value is -1.09. The van der Waals surface area contributed by atoms with Crippen molar-refractivity contribution in [3.05, 3.63) is 29.8 Å². The Morgan fingerprint density at radius 3 is 2.38 bits per heavy atom. The summed E-state index contributed by atoms with van der Waals surface area (Å²) in [6.45, 7) is 4.21. The fourth-order valence-electron chi connectivity index (χ4n) is 1.49. The van der Waals surface area contributed by atoms with Gasteiger partial charge in [0.15, 0.2) is 0 Å². The van der Waals surface area contributed by atoms with Gasteiger partial charge in [-0.3, -0.25) is 0 Å². The Bertz CT molecular complexity index is 334. The van der Waals surface area contributed by atoms with Gasteiger partial charge in [-0.05, 0) is 30.5 Å². The molecule has 2 N–H and O–H groups in total. The molecular weight excluding hydrogens is 218 g/mol. The Labute approximate surface area is 103 Å². The van der Waals surface area contributed by atoms with Crippen molar-refractivity contribution in [1.29, 1.82) is 0 Å². The first-order chi connectivity index (χ1) is 7.65. The van der Waals surface area contributed by atoms with Gasteiger partial charge in [0.2, 0.25) is 0 Å². The Kier molecular flexibility index (Phi) is 5.26. The first kappa shape index (κ1) is 13.0. The molecule has 0 aromatic heterocycles. The lowest BCUT2D eigenvalue weighted by atomic mass is 10.1. The summed E-state index contributed by atoms with van der Waals surface area (Å²) in [6, 6.07) is 8.17. The van der Waals surface area contributed by atoms with Gasteiger partial charge in [0.05, 0.1) is 4.99 Å². The molecule has 88 valence electrons. The normalized spacial score (nSPS) is 12.1. The highest BCUT2D eigenvalue weighted by molar-refractivity contribution is 7.80. The maximum atomic E-state index is 5.81. The molecule has 1 rings (SSSR count). The van der Waals surface area contributed by atoms with E-state index in [2.05, 4.69) is 26.0 Å². The minimum absolute atomic E-state index is 0.0879. The van der Waals surface area contributed by atoms with Crippen LogP contribution in [0.1, 0.15) is 32.3 Å². The van der Waals surface area contributed by atoms with E-state index in [9.17, 15) is 0 Å². The minimum atomic E-state index is 0.0879. The van der Waals surface area contributed by atoms with E-state index in [4.69, 9.17) is 22.7 Å². The molecule has 0 saturated carbocycles. The smallest absolute Gasteiger partial charge is 0.119 e.